The van der Waals surface area contributed by atoms with Crippen LogP contribution in [0.4, 0.5) is 5.82 Å². The highest BCUT2D eigenvalue weighted by Crippen LogP contribution is 2.25. The van der Waals surface area contributed by atoms with Crippen LogP contribution in [0.3, 0.4) is 0 Å². The summed E-state index contributed by atoms with van der Waals surface area (Å²) in [6, 6.07) is 4.19. The number of carbonyl (C=O) groups is 1. The summed E-state index contributed by atoms with van der Waals surface area (Å²) in [4.78, 5) is 20.8. The van der Waals surface area contributed by atoms with Crippen LogP contribution < -0.4 is 10.2 Å². The first-order chi connectivity index (χ1) is 10.2. The second kappa shape index (κ2) is 5.99. The summed E-state index contributed by atoms with van der Waals surface area (Å²) in [6.07, 6.45) is 1.90. The van der Waals surface area contributed by atoms with E-state index in [1.807, 2.05) is 19.1 Å². The van der Waals surface area contributed by atoms with Gasteiger partial charge in [-0.05, 0) is 26.1 Å². The Bertz CT molecular complexity index is 505. The minimum atomic E-state index is -0.0743. The second-order valence-corrected chi connectivity index (χ2v) is 5.63. The van der Waals surface area contributed by atoms with Crippen molar-refractivity contribution in [3.05, 3.63) is 23.9 Å². The maximum absolute atomic E-state index is 11.7. The molecule has 1 aromatic heterocycles. The molecule has 2 atom stereocenters. The Kier molecular flexibility index (Phi) is 4.07. The average molecular weight is 290 g/mol. The number of ether oxygens (including phenoxy) is 1. The summed E-state index contributed by atoms with van der Waals surface area (Å²) >= 11 is 0. The van der Waals surface area contributed by atoms with Crippen molar-refractivity contribution in [1.29, 1.82) is 0 Å². The van der Waals surface area contributed by atoms with Gasteiger partial charge in [0.1, 0.15) is 5.82 Å². The number of morpholine rings is 1. The van der Waals surface area contributed by atoms with Gasteiger partial charge < -0.3 is 15.0 Å². The minimum absolute atomic E-state index is 0.0743. The summed E-state index contributed by atoms with van der Waals surface area (Å²) in [6.45, 7) is 6.10. The van der Waals surface area contributed by atoms with E-state index >= 15 is 0 Å². The molecular formula is C15H22N4O2. The van der Waals surface area contributed by atoms with E-state index in [9.17, 15) is 4.79 Å². The van der Waals surface area contributed by atoms with E-state index in [0.717, 1.165) is 32.1 Å². The zero-order chi connectivity index (χ0) is 14.8. The zero-order valence-corrected chi connectivity index (χ0v) is 12.6. The van der Waals surface area contributed by atoms with Gasteiger partial charge in [0.2, 0.25) is 0 Å². The topological polar surface area (TPSA) is 57.7 Å². The fraction of sp³-hybridized carbons (Fsp3) is 0.600. The van der Waals surface area contributed by atoms with Crippen LogP contribution in [-0.2, 0) is 4.74 Å². The number of fused-ring (bicyclic) bond motifs is 1. The number of hydrogen-bond donors (Lipinski definition) is 1. The number of pyridine rings is 1. The van der Waals surface area contributed by atoms with Gasteiger partial charge >= 0.3 is 0 Å². The van der Waals surface area contributed by atoms with Crippen LogP contribution in [0.1, 0.15) is 17.3 Å². The average Bonchev–Trinajstić information content (AvgIpc) is 2.93. The van der Waals surface area contributed by atoms with Crippen LogP contribution in [0, 0.1) is 0 Å². The highest BCUT2D eigenvalue weighted by atomic mass is 16.5. The predicted molar refractivity (Wildman–Crippen MR) is 80.6 cm³/mol. The smallest absolute Gasteiger partial charge is 0.252 e. The van der Waals surface area contributed by atoms with E-state index in [0.29, 0.717) is 18.2 Å². The van der Waals surface area contributed by atoms with Crippen molar-refractivity contribution >= 4 is 11.7 Å². The number of nitrogens with zero attached hydrogens (tertiary/aromatic N) is 3. The molecule has 2 unspecified atom stereocenters. The number of aromatic nitrogens is 1. The fourth-order valence-electron chi connectivity index (χ4n) is 3.01. The molecule has 6 heteroatoms. The zero-order valence-electron chi connectivity index (χ0n) is 12.6. The maximum Gasteiger partial charge on any atom is 0.252 e. The molecule has 2 aliphatic rings. The van der Waals surface area contributed by atoms with Gasteiger partial charge in [0.15, 0.2) is 0 Å². The lowest BCUT2D eigenvalue weighted by Crippen LogP contribution is -2.48. The number of carbonyl (C=O) groups excluding carboxylic acids is 1. The number of anilines is 1. The number of amides is 1. The lowest BCUT2D eigenvalue weighted by atomic mass is 10.1. The Morgan fingerprint density at radius 1 is 1.48 bits per heavy atom. The van der Waals surface area contributed by atoms with E-state index in [1.54, 1.807) is 6.20 Å². The summed E-state index contributed by atoms with van der Waals surface area (Å²) in [5.41, 5.74) is 0.602. The molecule has 6 nitrogen and oxygen atoms in total. The third-order valence-electron chi connectivity index (χ3n) is 4.25. The van der Waals surface area contributed by atoms with Gasteiger partial charge in [-0.2, -0.15) is 0 Å². The molecule has 0 saturated carbocycles. The van der Waals surface area contributed by atoms with Gasteiger partial charge in [-0.15, -0.1) is 0 Å². The van der Waals surface area contributed by atoms with Crippen LogP contribution in [0.15, 0.2) is 18.3 Å². The monoisotopic (exact) mass is 290 g/mol. The molecule has 2 aliphatic heterocycles. The number of rotatable bonds is 3. The highest BCUT2D eigenvalue weighted by Gasteiger charge is 2.38. The molecule has 0 spiro atoms. The van der Waals surface area contributed by atoms with Crippen molar-refractivity contribution < 1.29 is 9.53 Å². The lowest BCUT2D eigenvalue weighted by molar-refractivity contribution is -0.0362. The van der Waals surface area contributed by atoms with E-state index < -0.39 is 0 Å². The quantitative estimate of drug-likeness (QED) is 0.870. The molecule has 21 heavy (non-hydrogen) atoms. The molecular weight excluding hydrogens is 268 g/mol. The fourth-order valence-corrected chi connectivity index (χ4v) is 3.01. The normalized spacial score (nSPS) is 25.7. The first-order valence-corrected chi connectivity index (χ1v) is 7.50. The van der Waals surface area contributed by atoms with E-state index in [2.05, 4.69) is 27.1 Å². The van der Waals surface area contributed by atoms with E-state index in [1.165, 1.54) is 0 Å². The Balaban J connectivity index is 1.69. The van der Waals surface area contributed by atoms with Gasteiger partial charge in [0, 0.05) is 32.4 Å². The van der Waals surface area contributed by atoms with Crippen LogP contribution in [0.2, 0.25) is 0 Å². The van der Waals surface area contributed by atoms with Gasteiger partial charge in [0.25, 0.3) is 5.91 Å². The Morgan fingerprint density at radius 2 is 2.33 bits per heavy atom. The largest absolute Gasteiger partial charge is 0.373 e. The third-order valence-corrected chi connectivity index (χ3v) is 4.25. The Labute approximate surface area is 125 Å². The first-order valence-electron chi connectivity index (χ1n) is 7.50. The molecule has 1 N–H and O–H groups in total. The van der Waals surface area contributed by atoms with E-state index in [4.69, 9.17) is 4.74 Å². The maximum atomic E-state index is 11.7. The van der Waals surface area contributed by atoms with Crippen LogP contribution in [0.5, 0.6) is 0 Å². The molecule has 1 aromatic rings. The van der Waals surface area contributed by atoms with E-state index in [-0.39, 0.29) is 12.0 Å². The van der Waals surface area contributed by atoms with Crippen molar-refractivity contribution in [2.45, 2.75) is 19.1 Å². The molecule has 2 fully saturated rings. The van der Waals surface area contributed by atoms with Crippen molar-refractivity contribution in [1.82, 2.24) is 15.2 Å². The molecule has 0 aliphatic carbocycles. The van der Waals surface area contributed by atoms with Crippen molar-refractivity contribution in [2.75, 3.05) is 44.7 Å². The second-order valence-electron chi connectivity index (χ2n) is 5.63. The Hall–Kier alpha value is -1.66. The standard InChI is InChI=1S/C15H22N4O2/c1-3-16-15(20)11-4-5-14(17-8-11)19-9-12-13(10-19)21-7-6-18(12)2/h4-5,8,12-13H,3,6-7,9-10H2,1-2H3,(H,16,20). The van der Waals surface area contributed by atoms with Gasteiger partial charge in [0.05, 0.1) is 24.3 Å². The molecule has 1 amide bonds. The summed E-state index contributed by atoms with van der Waals surface area (Å²) in [7, 11) is 2.15. The first kappa shape index (κ1) is 14.3. The van der Waals surface area contributed by atoms with Gasteiger partial charge in [-0.25, -0.2) is 4.98 Å². The van der Waals surface area contributed by atoms with Crippen LogP contribution in [-0.4, -0.2) is 67.8 Å². The molecule has 2 saturated heterocycles. The van der Waals surface area contributed by atoms with Crippen molar-refractivity contribution in [2.24, 2.45) is 0 Å². The van der Waals surface area contributed by atoms with Crippen LogP contribution >= 0.6 is 0 Å². The summed E-state index contributed by atoms with van der Waals surface area (Å²) in [5.74, 6) is 0.837. The highest BCUT2D eigenvalue weighted by molar-refractivity contribution is 5.94. The number of likely N-dealkylation sites (N-methyl/N-ethyl adjacent to an activating group) is 1. The van der Waals surface area contributed by atoms with Crippen molar-refractivity contribution in [3.63, 3.8) is 0 Å². The molecule has 114 valence electrons. The molecule has 0 radical (unpaired) electrons. The number of nitrogens with one attached hydrogen (secondary N) is 1. The summed E-state index contributed by atoms with van der Waals surface area (Å²) < 4.78 is 5.84. The molecule has 0 aromatic carbocycles. The predicted octanol–water partition coefficient (Wildman–Crippen LogP) is 0.351. The van der Waals surface area contributed by atoms with Crippen molar-refractivity contribution in [3.8, 4) is 0 Å². The lowest BCUT2D eigenvalue weighted by Gasteiger charge is -2.33. The third kappa shape index (κ3) is 2.87. The molecule has 0 bridgehead atoms. The SMILES string of the molecule is CCNC(=O)c1ccc(N2CC3OCCN(C)C3C2)nc1. The summed E-state index contributed by atoms with van der Waals surface area (Å²) in [5, 5.41) is 2.78. The Morgan fingerprint density at radius 3 is 3.00 bits per heavy atom. The van der Waals surface area contributed by atoms with Gasteiger partial charge in [-0.3, -0.25) is 9.69 Å². The number of hydrogen-bond acceptors (Lipinski definition) is 5. The van der Waals surface area contributed by atoms with Gasteiger partial charge in [-0.1, -0.05) is 0 Å². The van der Waals surface area contributed by atoms with Crippen LogP contribution in [0.25, 0.3) is 0 Å². The molecule has 3 rings (SSSR count). The minimum Gasteiger partial charge on any atom is -0.373 e. The molecule has 3 heterocycles.